The van der Waals surface area contributed by atoms with Crippen molar-refractivity contribution in [2.24, 2.45) is 5.92 Å². The summed E-state index contributed by atoms with van der Waals surface area (Å²) in [4.78, 5) is 53.5. The summed E-state index contributed by atoms with van der Waals surface area (Å²) >= 11 is 6.17. The number of amides is 3. The van der Waals surface area contributed by atoms with Crippen LogP contribution in [0.3, 0.4) is 0 Å². The van der Waals surface area contributed by atoms with Gasteiger partial charge >= 0.3 is 18.2 Å². The summed E-state index contributed by atoms with van der Waals surface area (Å²) in [6.45, 7) is 7.40. The van der Waals surface area contributed by atoms with E-state index in [4.69, 9.17) is 35.3 Å². The smallest absolute Gasteiger partial charge is 0.410 e. The van der Waals surface area contributed by atoms with Gasteiger partial charge in [-0.15, -0.1) is 0 Å². The normalized spacial score (nSPS) is 22.5. The van der Waals surface area contributed by atoms with Crippen molar-refractivity contribution in [3.63, 3.8) is 0 Å². The number of ether oxygens (including phenoxy) is 5. The van der Waals surface area contributed by atoms with Gasteiger partial charge in [-0.25, -0.2) is 14.4 Å². The number of carbonyl (C=O) groups excluding carboxylic acids is 4. The van der Waals surface area contributed by atoms with Gasteiger partial charge in [-0.1, -0.05) is 96.9 Å². The van der Waals surface area contributed by atoms with Gasteiger partial charge in [-0.05, 0) is 73.6 Å². The van der Waals surface area contributed by atoms with Gasteiger partial charge < -0.3 is 34.3 Å². The molecule has 3 amide bonds. The summed E-state index contributed by atoms with van der Waals surface area (Å²) in [5.41, 5.74) is 5.55. The van der Waals surface area contributed by atoms with Gasteiger partial charge in [-0.2, -0.15) is 0 Å². The number of benzene rings is 3. The minimum Gasteiger partial charge on any atom is -0.495 e. The third-order valence-corrected chi connectivity index (χ3v) is 12.1. The molecule has 314 valence electrons. The largest absolute Gasteiger partial charge is 0.495 e. The number of hydrogen-bond acceptors (Lipinski definition) is 9. The van der Waals surface area contributed by atoms with Gasteiger partial charge in [0.25, 0.3) is 0 Å². The first-order chi connectivity index (χ1) is 28.2. The number of fused-ring (bicyclic) bond motifs is 3. The molecule has 12 nitrogen and oxygen atoms in total. The van der Waals surface area contributed by atoms with Crippen LogP contribution in [0.1, 0.15) is 69.6 Å². The summed E-state index contributed by atoms with van der Waals surface area (Å²) in [6, 6.07) is 20.6. The second-order valence-electron chi connectivity index (χ2n) is 15.8. The van der Waals surface area contributed by atoms with E-state index in [1.165, 1.54) is 19.0 Å². The molecule has 3 unspecified atom stereocenters. The van der Waals surface area contributed by atoms with Crippen molar-refractivity contribution >= 4 is 35.7 Å². The fraction of sp³-hybridized carbons (Fsp3) is 0.435. The van der Waals surface area contributed by atoms with Gasteiger partial charge in [0.2, 0.25) is 5.91 Å². The molecule has 0 spiro atoms. The predicted octanol–water partition coefficient (Wildman–Crippen LogP) is 7.76. The number of allylic oxidation sites excluding steroid dienone is 3. The van der Waals surface area contributed by atoms with Crippen LogP contribution in [0.4, 0.5) is 9.59 Å². The van der Waals surface area contributed by atoms with Crippen molar-refractivity contribution in [3.8, 4) is 16.9 Å². The van der Waals surface area contributed by atoms with Crippen LogP contribution < -0.4 is 15.4 Å². The van der Waals surface area contributed by atoms with Crippen molar-refractivity contribution in [3.05, 3.63) is 112 Å². The van der Waals surface area contributed by atoms with Gasteiger partial charge in [0, 0.05) is 38.4 Å². The minimum absolute atomic E-state index is 0.0975. The average molecular weight is 828 g/mol. The molecule has 13 heteroatoms. The molecule has 0 aromatic heterocycles. The lowest BCUT2D eigenvalue weighted by molar-refractivity contribution is -0.158. The Balaban J connectivity index is 1.03. The lowest BCUT2D eigenvalue weighted by Crippen LogP contribution is -2.49. The maximum atomic E-state index is 13.6. The Morgan fingerprint density at radius 1 is 1.07 bits per heavy atom. The topological polar surface area (TPSA) is 145 Å². The van der Waals surface area contributed by atoms with E-state index >= 15 is 0 Å². The number of halogens is 1. The Hall–Kier alpha value is -5.33. The van der Waals surface area contributed by atoms with E-state index in [0.29, 0.717) is 23.6 Å². The maximum absolute atomic E-state index is 13.6. The van der Waals surface area contributed by atoms with Gasteiger partial charge in [0.15, 0.2) is 0 Å². The number of alkyl carbamates (subject to hydrolysis) is 1. The highest BCUT2D eigenvalue weighted by atomic mass is 35.5. The lowest BCUT2D eigenvalue weighted by Gasteiger charge is -2.33. The predicted molar refractivity (Wildman–Crippen MR) is 224 cm³/mol. The van der Waals surface area contributed by atoms with Crippen LogP contribution in [0.15, 0.2) is 90.5 Å². The zero-order chi connectivity index (χ0) is 42.4. The highest BCUT2D eigenvalue weighted by Gasteiger charge is 2.63. The van der Waals surface area contributed by atoms with Crippen LogP contribution in [0.5, 0.6) is 5.75 Å². The number of hydrogen-bond donors (Lipinski definition) is 2. The molecule has 1 aliphatic carbocycles. The van der Waals surface area contributed by atoms with Crippen molar-refractivity contribution in [2.45, 2.75) is 95.3 Å². The number of cyclic esters (lactones) is 1. The monoisotopic (exact) mass is 827 g/mol. The molecule has 2 saturated heterocycles. The van der Waals surface area contributed by atoms with E-state index in [9.17, 15) is 19.2 Å². The first kappa shape index (κ1) is 43.3. The summed E-state index contributed by atoms with van der Waals surface area (Å²) in [5.74, 6) is -0.851. The molecule has 7 atom stereocenters. The van der Waals surface area contributed by atoms with E-state index in [1.807, 2.05) is 86.7 Å². The number of nitrogens with zero attached hydrogens (tertiary/aromatic N) is 1. The molecule has 0 bridgehead atoms. The summed E-state index contributed by atoms with van der Waals surface area (Å²) in [7, 11) is 4.57. The Morgan fingerprint density at radius 3 is 2.41 bits per heavy atom. The van der Waals surface area contributed by atoms with Crippen molar-refractivity contribution in [1.29, 1.82) is 0 Å². The zero-order valence-corrected chi connectivity index (χ0v) is 35.4. The third kappa shape index (κ3) is 9.93. The average Bonchev–Trinajstić information content (AvgIpc) is 3.83. The number of rotatable bonds is 16. The molecular weight excluding hydrogens is 774 g/mol. The van der Waals surface area contributed by atoms with E-state index in [1.54, 1.807) is 21.0 Å². The summed E-state index contributed by atoms with van der Waals surface area (Å²) < 4.78 is 29.0. The molecule has 0 radical (unpaired) electrons. The highest BCUT2D eigenvalue weighted by molar-refractivity contribution is 6.32. The standard InChI is InChI=1S/C46H54ClN3O9/c1-27(22-30-20-21-37(47)39(23-30)55-7)14-8-9-15-31-24-38(57-44(53)49-31)28(2)42-46(4,59-42)40(25-41(51)48-5)58-43(52)29(3)50(6)45(54)56-26-36-34-18-12-10-16-32(34)33-17-11-13-19-35(33)36/h8-14,16-21,23,28-29,31,36,38,40,42H,15,22,24-26H2,1-7H3,(H,48,51)(H,49,53)/b9-8+,27-14+/t28-,29-,31?,38?,40+,42?,46+/m1/s1. The van der Waals surface area contributed by atoms with Crippen molar-refractivity contribution in [1.82, 2.24) is 15.5 Å². The van der Waals surface area contributed by atoms with Gasteiger partial charge in [0.05, 0.1) is 24.7 Å². The molecule has 0 saturated carbocycles. The fourth-order valence-corrected chi connectivity index (χ4v) is 8.27. The second-order valence-corrected chi connectivity index (χ2v) is 16.2. The van der Waals surface area contributed by atoms with Crippen molar-refractivity contribution in [2.75, 3.05) is 27.8 Å². The van der Waals surface area contributed by atoms with Gasteiger partial charge in [-0.3, -0.25) is 9.69 Å². The molecule has 59 heavy (non-hydrogen) atoms. The molecule has 6 rings (SSSR count). The Bertz CT molecular complexity index is 2060. The van der Waals surface area contributed by atoms with E-state index in [0.717, 1.165) is 39.8 Å². The van der Waals surface area contributed by atoms with E-state index < -0.39 is 48.1 Å². The third-order valence-electron chi connectivity index (χ3n) is 11.8. The first-order valence-corrected chi connectivity index (χ1v) is 20.4. The van der Waals surface area contributed by atoms with Crippen LogP contribution in [0.25, 0.3) is 11.1 Å². The van der Waals surface area contributed by atoms with Crippen LogP contribution in [-0.4, -0.2) is 92.8 Å². The van der Waals surface area contributed by atoms with Crippen LogP contribution >= 0.6 is 11.6 Å². The number of carbonyl (C=O) groups is 4. The van der Waals surface area contributed by atoms with Crippen LogP contribution in [-0.2, 0) is 35.0 Å². The minimum atomic E-state index is -1.05. The summed E-state index contributed by atoms with van der Waals surface area (Å²) in [5, 5.41) is 6.07. The van der Waals surface area contributed by atoms with E-state index in [2.05, 4.69) is 22.8 Å². The molecule has 3 aromatic carbocycles. The number of methoxy groups -OCH3 is 1. The molecule has 2 aliphatic heterocycles. The number of esters is 1. The maximum Gasteiger partial charge on any atom is 0.410 e. The molecule has 3 aromatic rings. The van der Waals surface area contributed by atoms with Crippen molar-refractivity contribution < 1.29 is 42.9 Å². The zero-order valence-electron chi connectivity index (χ0n) is 34.7. The molecular formula is C46H54ClN3O9. The Kier molecular flexibility index (Phi) is 13.7. The highest BCUT2D eigenvalue weighted by Crippen LogP contribution is 2.48. The molecule has 2 N–H and O–H groups in total. The Labute approximate surface area is 351 Å². The Morgan fingerprint density at radius 2 is 1.75 bits per heavy atom. The number of nitrogens with one attached hydrogen (secondary N) is 2. The number of epoxide rings is 1. The van der Waals surface area contributed by atoms with E-state index in [-0.39, 0.29) is 36.8 Å². The van der Waals surface area contributed by atoms with Crippen LogP contribution in [0, 0.1) is 5.92 Å². The molecule has 3 aliphatic rings. The lowest BCUT2D eigenvalue weighted by atomic mass is 9.85. The second kappa shape index (κ2) is 18.7. The first-order valence-electron chi connectivity index (χ1n) is 20.0. The fourth-order valence-electron chi connectivity index (χ4n) is 8.08. The number of likely N-dealkylation sites (N-methyl/N-ethyl adjacent to an activating group) is 1. The SMILES string of the molecule is CNC(=O)C[C@H](OC(=O)[C@@H](C)N(C)C(=O)OCC1c2ccccc2-c2ccccc21)[C@]1(C)OC1[C@H](C)C1CC(C/C=C/C=C(\C)Cc2ccc(Cl)c(OC)c2)NC(=O)O1. The summed E-state index contributed by atoms with van der Waals surface area (Å²) in [6.07, 6.45) is 4.57. The van der Waals surface area contributed by atoms with Gasteiger partial charge in [0.1, 0.15) is 36.2 Å². The van der Waals surface area contributed by atoms with Crippen LogP contribution in [0.2, 0.25) is 5.02 Å². The quantitative estimate of drug-likeness (QED) is 0.0641. The molecule has 2 fully saturated rings. The molecule has 2 heterocycles.